The Hall–Kier alpha value is -3.19. The van der Waals surface area contributed by atoms with Crippen LogP contribution in [-0.2, 0) is 12.6 Å². The molecule has 35 heavy (non-hydrogen) atoms. The van der Waals surface area contributed by atoms with E-state index in [-0.39, 0.29) is 11.4 Å². The Morgan fingerprint density at radius 3 is 2.40 bits per heavy atom. The molecule has 8 heteroatoms. The molecule has 1 aliphatic carbocycles. The third-order valence-corrected chi connectivity index (χ3v) is 6.07. The number of allylic oxidation sites excluding steroid dienone is 2. The molecule has 3 aromatic rings. The van der Waals surface area contributed by atoms with Gasteiger partial charge in [0.05, 0.1) is 11.1 Å². The van der Waals surface area contributed by atoms with Gasteiger partial charge in [0.1, 0.15) is 5.82 Å². The van der Waals surface area contributed by atoms with Gasteiger partial charge in [0.2, 0.25) is 0 Å². The Kier molecular flexibility index (Phi) is 8.33. The molecule has 3 nitrogen and oxygen atoms in total. The van der Waals surface area contributed by atoms with Crippen LogP contribution in [0.1, 0.15) is 64.4 Å². The number of aromatic carboxylic acids is 1. The third kappa shape index (κ3) is 6.48. The Balaban J connectivity index is 0.000000287. The fourth-order valence-corrected chi connectivity index (χ4v) is 4.17. The van der Waals surface area contributed by atoms with Crippen LogP contribution in [0.25, 0.3) is 11.1 Å². The number of nitrogens with zero attached hydrogens (tertiary/aromatic N) is 1. The summed E-state index contributed by atoms with van der Waals surface area (Å²) in [7, 11) is 0. The van der Waals surface area contributed by atoms with Gasteiger partial charge in [-0.05, 0) is 96.3 Å². The van der Waals surface area contributed by atoms with Gasteiger partial charge in [0, 0.05) is 17.4 Å². The summed E-state index contributed by atoms with van der Waals surface area (Å²) in [6, 6.07) is 10.0. The van der Waals surface area contributed by atoms with E-state index < -0.39 is 17.7 Å². The highest BCUT2D eigenvalue weighted by Gasteiger charge is 2.31. The summed E-state index contributed by atoms with van der Waals surface area (Å²) in [5.74, 6) is -1.29. The Bertz CT molecular complexity index is 1270. The number of aromatic nitrogens is 1. The van der Waals surface area contributed by atoms with E-state index in [1.54, 1.807) is 25.3 Å². The number of hydrogen-bond acceptors (Lipinski definition) is 2. The van der Waals surface area contributed by atoms with Gasteiger partial charge < -0.3 is 5.11 Å². The van der Waals surface area contributed by atoms with Gasteiger partial charge in [-0.3, -0.25) is 4.98 Å². The zero-order valence-electron chi connectivity index (χ0n) is 19.2. The number of carboxylic acids is 1. The lowest BCUT2D eigenvalue weighted by molar-refractivity contribution is -0.137. The van der Waals surface area contributed by atoms with E-state index in [9.17, 15) is 22.4 Å². The first kappa shape index (κ1) is 26.4. The molecule has 184 valence electrons. The van der Waals surface area contributed by atoms with Gasteiger partial charge in [0.25, 0.3) is 0 Å². The first-order valence-corrected chi connectivity index (χ1v) is 11.4. The summed E-state index contributed by atoms with van der Waals surface area (Å²) < 4.78 is 51.9. The molecule has 4 rings (SSSR count). The van der Waals surface area contributed by atoms with Crippen LogP contribution in [0.5, 0.6) is 0 Å². The highest BCUT2D eigenvalue weighted by molar-refractivity contribution is 6.30. The summed E-state index contributed by atoms with van der Waals surface area (Å²) in [6.45, 7) is 3.69. The van der Waals surface area contributed by atoms with Gasteiger partial charge >= 0.3 is 12.1 Å². The average molecular weight is 506 g/mol. The van der Waals surface area contributed by atoms with Crippen LogP contribution in [0.4, 0.5) is 17.6 Å². The van der Waals surface area contributed by atoms with Crippen LogP contribution in [0, 0.1) is 12.7 Å². The lowest BCUT2D eigenvalue weighted by Crippen LogP contribution is -2.06. The van der Waals surface area contributed by atoms with Crippen molar-refractivity contribution < 1.29 is 27.5 Å². The summed E-state index contributed by atoms with van der Waals surface area (Å²) in [6.07, 6.45) is 1.31. The SMILES string of the molecule is CCc1ccc(Cl)cc1F.Cc1ccc(C(F)(F)F)cc1C1=C(c2cncc(C(=O)O)c2)CCC1. The number of halogens is 5. The second kappa shape index (κ2) is 11.0. The number of carbonyl (C=O) groups is 1. The zero-order valence-corrected chi connectivity index (χ0v) is 20.0. The molecule has 1 heterocycles. The van der Waals surface area contributed by atoms with Crippen molar-refractivity contribution in [3.8, 4) is 0 Å². The number of benzene rings is 2. The summed E-state index contributed by atoms with van der Waals surface area (Å²) >= 11 is 5.53. The average Bonchev–Trinajstić information content (AvgIpc) is 3.29. The van der Waals surface area contributed by atoms with E-state index >= 15 is 0 Å². The molecule has 1 N–H and O–H groups in total. The maximum absolute atomic E-state index is 13.1. The van der Waals surface area contributed by atoms with Crippen LogP contribution >= 0.6 is 11.6 Å². The Morgan fingerprint density at radius 2 is 1.77 bits per heavy atom. The molecular formula is C27H24ClF4NO2. The van der Waals surface area contributed by atoms with Crippen LogP contribution in [-0.4, -0.2) is 16.1 Å². The largest absolute Gasteiger partial charge is 0.478 e. The second-order valence-electron chi connectivity index (χ2n) is 8.19. The quantitative estimate of drug-likeness (QED) is 0.363. The molecule has 1 aliphatic rings. The number of hydrogen-bond donors (Lipinski definition) is 1. The predicted molar refractivity (Wildman–Crippen MR) is 129 cm³/mol. The van der Waals surface area contributed by atoms with Crippen molar-refractivity contribution in [2.24, 2.45) is 0 Å². The molecule has 0 radical (unpaired) electrons. The molecule has 0 fully saturated rings. The number of pyridine rings is 1. The van der Waals surface area contributed by atoms with E-state index in [1.807, 2.05) is 6.92 Å². The van der Waals surface area contributed by atoms with E-state index in [1.165, 1.54) is 30.5 Å². The van der Waals surface area contributed by atoms with Gasteiger partial charge in [-0.2, -0.15) is 13.2 Å². The first-order chi connectivity index (χ1) is 16.5. The first-order valence-electron chi connectivity index (χ1n) is 11.0. The van der Waals surface area contributed by atoms with Crippen molar-refractivity contribution in [3.05, 3.63) is 99.1 Å². The van der Waals surface area contributed by atoms with E-state index in [4.69, 9.17) is 16.7 Å². The molecule has 0 spiro atoms. The minimum absolute atomic E-state index is 0.0667. The molecular weight excluding hydrogens is 482 g/mol. The third-order valence-electron chi connectivity index (χ3n) is 5.84. The number of rotatable bonds is 4. The van der Waals surface area contributed by atoms with Crippen molar-refractivity contribution in [3.63, 3.8) is 0 Å². The van der Waals surface area contributed by atoms with E-state index in [2.05, 4.69) is 4.98 Å². The predicted octanol–water partition coefficient (Wildman–Crippen LogP) is 8.24. The normalized spacial score (nSPS) is 13.5. The molecule has 0 amide bonds. The maximum atomic E-state index is 13.1. The molecule has 1 aromatic heterocycles. The summed E-state index contributed by atoms with van der Waals surface area (Å²) in [5, 5.41) is 9.58. The minimum atomic E-state index is -4.40. The maximum Gasteiger partial charge on any atom is 0.416 e. The molecule has 0 unspecified atom stereocenters. The van der Waals surface area contributed by atoms with Crippen molar-refractivity contribution >= 4 is 28.7 Å². The Labute approximate surface area is 206 Å². The molecule has 0 saturated heterocycles. The molecule has 0 aliphatic heterocycles. The number of carboxylic acid groups (broad SMARTS) is 1. The zero-order chi connectivity index (χ0) is 25.8. The lowest BCUT2D eigenvalue weighted by Gasteiger charge is -2.14. The lowest BCUT2D eigenvalue weighted by atomic mass is 9.93. The van der Waals surface area contributed by atoms with E-state index in [0.717, 1.165) is 29.2 Å². The monoisotopic (exact) mass is 505 g/mol. The van der Waals surface area contributed by atoms with Gasteiger partial charge in [0.15, 0.2) is 0 Å². The summed E-state index contributed by atoms with van der Waals surface area (Å²) in [4.78, 5) is 15.1. The van der Waals surface area contributed by atoms with Crippen molar-refractivity contribution in [2.45, 2.75) is 45.7 Å². The number of alkyl halides is 3. The van der Waals surface area contributed by atoms with Crippen molar-refractivity contribution in [2.75, 3.05) is 0 Å². The van der Waals surface area contributed by atoms with Crippen molar-refractivity contribution in [1.82, 2.24) is 4.98 Å². The van der Waals surface area contributed by atoms with Crippen LogP contribution in [0.3, 0.4) is 0 Å². The second-order valence-corrected chi connectivity index (χ2v) is 8.63. The Morgan fingerprint density at radius 1 is 1.06 bits per heavy atom. The molecule has 0 bridgehead atoms. The fourth-order valence-electron chi connectivity index (χ4n) is 4.01. The summed E-state index contributed by atoms with van der Waals surface area (Å²) in [5.41, 5.74) is 3.81. The van der Waals surface area contributed by atoms with Gasteiger partial charge in [-0.25, -0.2) is 9.18 Å². The molecule has 2 aromatic carbocycles. The smallest absolute Gasteiger partial charge is 0.416 e. The fraction of sp³-hybridized carbons (Fsp3) is 0.259. The van der Waals surface area contributed by atoms with Crippen LogP contribution < -0.4 is 0 Å². The van der Waals surface area contributed by atoms with E-state index in [0.29, 0.717) is 41.0 Å². The van der Waals surface area contributed by atoms with Crippen LogP contribution in [0.15, 0.2) is 54.9 Å². The van der Waals surface area contributed by atoms with Crippen molar-refractivity contribution in [1.29, 1.82) is 0 Å². The topological polar surface area (TPSA) is 50.2 Å². The standard InChI is InChI=1S/C19H16F3NO2.C8H8ClF/c1-11-5-6-14(19(20,21)22)8-17(11)16-4-2-3-15(16)12-7-13(18(24)25)10-23-9-12;1-2-6-3-4-7(9)5-8(6)10/h5-10H,2-4H2,1H3,(H,24,25);3-5H,2H2,1H3. The molecule has 0 atom stereocenters. The van der Waals surface area contributed by atoms with Gasteiger partial charge in [-0.15, -0.1) is 0 Å². The van der Waals surface area contributed by atoms with Gasteiger partial charge in [-0.1, -0.05) is 30.7 Å². The highest BCUT2D eigenvalue weighted by Crippen LogP contribution is 2.42. The van der Waals surface area contributed by atoms with Crippen LogP contribution in [0.2, 0.25) is 5.02 Å². The number of aryl methyl sites for hydroxylation is 2. The molecule has 0 saturated carbocycles. The highest BCUT2D eigenvalue weighted by atomic mass is 35.5. The minimum Gasteiger partial charge on any atom is -0.478 e.